The molecule has 0 radical (unpaired) electrons. The Bertz CT molecular complexity index is 3590. The Morgan fingerprint density at radius 2 is 0.814 bits per heavy atom. The van der Waals surface area contributed by atoms with Gasteiger partial charge in [-0.2, -0.15) is 0 Å². The van der Waals surface area contributed by atoms with Crippen LogP contribution in [0.4, 0.5) is 0 Å². The van der Waals surface area contributed by atoms with Gasteiger partial charge in [0.1, 0.15) is 0 Å². The largest absolute Gasteiger partial charge is 0.309 e. The van der Waals surface area contributed by atoms with Gasteiger partial charge in [0.2, 0.25) is 0 Å². The molecule has 59 heavy (non-hydrogen) atoms. The van der Waals surface area contributed by atoms with Crippen LogP contribution in [0.3, 0.4) is 0 Å². The molecule has 0 aliphatic heterocycles. The summed E-state index contributed by atoms with van der Waals surface area (Å²) in [7, 11) is 0. The van der Waals surface area contributed by atoms with E-state index in [0.29, 0.717) is 0 Å². The normalized spacial score (nSPS) is 11.7. The second kappa shape index (κ2) is 13.4. The summed E-state index contributed by atoms with van der Waals surface area (Å²) in [6.07, 6.45) is 0. The first-order valence-electron chi connectivity index (χ1n) is 20.4. The molecule has 1 heterocycles. The monoisotopic (exact) mass is 747 g/mol. The second-order valence-electron chi connectivity index (χ2n) is 15.6. The van der Waals surface area contributed by atoms with Crippen LogP contribution in [0.25, 0.3) is 115 Å². The Hall–Kier alpha value is -7.74. The molecule has 0 amide bonds. The van der Waals surface area contributed by atoms with Crippen molar-refractivity contribution in [1.82, 2.24) is 4.57 Å². The number of para-hydroxylation sites is 1. The minimum absolute atomic E-state index is 1.18. The highest BCUT2D eigenvalue weighted by Gasteiger charge is 2.20. The third-order valence-electron chi connectivity index (χ3n) is 12.4. The molecule has 0 atom stereocenters. The lowest BCUT2D eigenvalue weighted by Gasteiger charge is -2.20. The fraction of sp³-hybridized carbons (Fsp3) is 0. The summed E-state index contributed by atoms with van der Waals surface area (Å²) in [5.74, 6) is 0. The third kappa shape index (κ3) is 5.33. The molecule has 0 bridgehead atoms. The molecular weight excluding hydrogens is 711 g/mol. The molecule has 0 saturated heterocycles. The molecule has 1 aromatic heterocycles. The number of nitrogens with zero attached hydrogens (tertiary/aromatic N) is 1. The molecule has 0 saturated carbocycles. The van der Waals surface area contributed by atoms with E-state index in [4.69, 9.17) is 0 Å². The van der Waals surface area contributed by atoms with E-state index < -0.39 is 0 Å². The van der Waals surface area contributed by atoms with Crippen molar-refractivity contribution in [2.75, 3.05) is 0 Å². The van der Waals surface area contributed by atoms with Gasteiger partial charge < -0.3 is 4.57 Å². The van der Waals surface area contributed by atoms with Gasteiger partial charge >= 0.3 is 0 Å². The third-order valence-corrected chi connectivity index (χ3v) is 12.4. The van der Waals surface area contributed by atoms with Crippen LogP contribution >= 0.6 is 0 Å². The van der Waals surface area contributed by atoms with Gasteiger partial charge in [0.15, 0.2) is 0 Å². The van der Waals surface area contributed by atoms with Gasteiger partial charge in [0, 0.05) is 10.8 Å². The summed E-state index contributed by atoms with van der Waals surface area (Å²) < 4.78 is 2.46. The second-order valence-corrected chi connectivity index (χ2v) is 15.6. The molecule has 0 spiro atoms. The highest BCUT2D eigenvalue weighted by molar-refractivity contribution is 6.24. The van der Waals surface area contributed by atoms with Gasteiger partial charge in [0.05, 0.1) is 16.9 Å². The molecule has 0 N–H and O–H groups in total. The van der Waals surface area contributed by atoms with Crippen LogP contribution in [0.2, 0.25) is 0 Å². The van der Waals surface area contributed by atoms with E-state index in [1.54, 1.807) is 0 Å². The smallest absolute Gasteiger partial charge is 0.0546 e. The highest BCUT2D eigenvalue weighted by atomic mass is 15.0. The number of benzene rings is 11. The SMILES string of the molecule is c1ccc(-c2c3ccccc3c(-c3cccc4ccccc34)c3ccc(-c4ccc(-c5cc6ccccc6n5-c5cc6ccccc6c6ccccc56)cc4)cc23)cc1. The Balaban J connectivity index is 1.06. The fourth-order valence-corrected chi connectivity index (χ4v) is 9.69. The van der Waals surface area contributed by atoms with Crippen molar-refractivity contribution in [3.8, 4) is 50.3 Å². The van der Waals surface area contributed by atoms with Gasteiger partial charge in [-0.1, -0.05) is 200 Å². The van der Waals surface area contributed by atoms with E-state index in [2.05, 4.69) is 229 Å². The summed E-state index contributed by atoms with van der Waals surface area (Å²) in [6, 6.07) is 82.6. The molecule has 274 valence electrons. The Morgan fingerprint density at radius 1 is 0.254 bits per heavy atom. The molecule has 1 heteroatoms. The topological polar surface area (TPSA) is 4.93 Å². The molecule has 0 aliphatic rings. The van der Waals surface area contributed by atoms with Crippen LogP contribution < -0.4 is 0 Å². The first-order valence-corrected chi connectivity index (χ1v) is 20.4. The minimum atomic E-state index is 1.18. The van der Waals surface area contributed by atoms with Gasteiger partial charge in [-0.05, 0) is 112 Å². The Kier molecular flexibility index (Phi) is 7.61. The lowest BCUT2D eigenvalue weighted by molar-refractivity contribution is 1.15. The minimum Gasteiger partial charge on any atom is -0.309 e. The first kappa shape index (κ1) is 33.4. The average Bonchev–Trinajstić information content (AvgIpc) is 3.70. The first-order chi connectivity index (χ1) is 29.3. The van der Waals surface area contributed by atoms with E-state index in [-0.39, 0.29) is 0 Å². The van der Waals surface area contributed by atoms with Crippen molar-refractivity contribution in [3.05, 3.63) is 224 Å². The zero-order chi connectivity index (χ0) is 38.9. The maximum Gasteiger partial charge on any atom is 0.0546 e. The van der Waals surface area contributed by atoms with Crippen molar-refractivity contribution in [3.63, 3.8) is 0 Å². The zero-order valence-electron chi connectivity index (χ0n) is 32.3. The van der Waals surface area contributed by atoms with Crippen LogP contribution in [0, 0.1) is 0 Å². The van der Waals surface area contributed by atoms with Crippen LogP contribution in [-0.4, -0.2) is 4.57 Å². The average molecular weight is 748 g/mol. The summed E-state index contributed by atoms with van der Waals surface area (Å²) in [5.41, 5.74) is 12.2. The number of aromatic nitrogens is 1. The maximum atomic E-state index is 2.46. The predicted molar refractivity (Wildman–Crippen MR) is 253 cm³/mol. The van der Waals surface area contributed by atoms with E-state index in [1.807, 2.05) is 0 Å². The van der Waals surface area contributed by atoms with Crippen LogP contribution in [0.5, 0.6) is 0 Å². The fourth-order valence-electron chi connectivity index (χ4n) is 9.69. The lowest BCUT2D eigenvalue weighted by atomic mass is 9.84. The quantitative estimate of drug-likeness (QED) is 0.122. The number of hydrogen-bond donors (Lipinski definition) is 0. The maximum absolute atomic E-state index is 2.46. The van der Waals surface area contributed by atoms with Crippen molar-refractivity contribution in [1.29, 1.82) is 0 Å². The molecule has 12 rings (SSSR count). The summed E-state index contributed by atoms with van der Waals surface area (Å²) in [6.45, 7) is 0. The van der Waals surface area contributed by atoms with Gasteiger partial charge in [0.25, 0.3) is 0 Å². The predicted octanol–water partition coefficient (Wildman–Crippen LogP) is 16.1. The van der Waals surface area contributed by atoms with Crippen molar-refractivity contribution in [2.45, 2.75) is 0 Å². The molecule has 0 aliphatic carbocycles. The molecule has 11 aromatic carbocycles. The molecule has 0 unspecified atom stereocenters. The number of hydrogen-bond acceptors (Lipinski definition) is 0. The highest BCUT2D eigenvalue weighted by Crippen LogP contribution is 2.46. The van der Waals surface area contributed by atoms with Crippen molar-refractivity contribution < 1.29 is 0 Å². The Morgan fingerprint density at radius 3 is 1.61 bits per heavy atom. The summed E-state index contributed by atoms with van der Waals surface area (Å²) in [4.78, 5) is 0. The van der Waals surface area contributed by atoms with Gasteiger partial charge in [-0.25, -0.2) is 0 Å². The van der Waals surface area contributed by atoms with E-state index in [1.165, 1.54) is 115 Å². The standard InChI is InChI=1S/C58H37N/c1-2-16-41(17-3-1)57-50-25-11-12-26-51(50)58(49-27-14-20-39-15-4-7-21-45(39)49)52-34-33-42(35-53(52)57)38-29-31-40(32-30-38)55-37-44-19-6-13-28-54(44)59(55)56-36-43-18-5-8-22-46(43)47-23-9-10-24-48(47)56/h1-37H. The van der Waals surface area contributed by atoms with Crippen molar-refractivity contribution in [2.24, 2.45) is 0 Å². The molecular formula is C58H37N. The van der Waals surface area contributed by atoms with Crippen LogP contribution in [-0.2, 0) is 0 Å². The van der Waals surface area contributed by atoms with E-state index in [9.17, 15) is 0 Å². The van der Waals surface area contributed by atoms with Crippen molar-refractivity contribution >= 4 is 64.8 Å². The summed E-state index contributed by atoms with van der Waals surface area (Å²) in [5, 5.41) is 13.8. The van der Waals surface area contributed by atoms with Crippen LogP contribution in [0.1, 0.15) is 0 Å². The van der Waals surface area contributed by atoms with E-state index >= 15 is 0 Å². The molecule has 0 fully saturated rings. The summed E-state index contributed by atoms with van der Waals surface area (Å²) >= 11 is 0. The Labute approximate surface area is 342 Å². The molecule has 1 nitrogen and oxygen atoms in total. The van der Waals surface area contributed by atoms with Gasteiger partial charge in [-0.15, -0.1) is 0 Å². The number of fused-ring (bicyclic) bond motifs is 7. The lowest BCUT2D eigenvalue weighted by Crippen LogP contribution is -1.98. The van der Waals surface area contributed by atoms with Crippen LogP contribution in [0.15, 0.2) is 224 Å². The molecule has 12 aromatic rings. The van der Waals surface area contributed by atoms with E-state index in [0.717, 1.165) is 0 Å². The van der Waals surface area contributed by atoms with Gasteiger partial charge in [-0.3, -0.25) is 0 Å². The number of rotatable bonds is 5. The zero-order valence-corrected chi connectivity index (χ0v) is 32.3.